The molecule has 178 valence electrons. The van der Waals surface area contributed by atoms with Gasteiger partial charge in [0.2, 0.25) is 5.91 Å². The molecule has 35 heavy (non-hydrogen) atoms. The number of hydrazone groups is 1. The van der Waals surface area contributed by atoms with Crippen LogP contribution in [0.15, 0.2) is 71.8 Å². The highest BCUT2D eigenvalue weighted by atomic mass is 16.6. The quantitative estimate of drug-likeness (QED) is 0.161. The first-order valence-corrected chi connectivity index (χ1v) is 9.96. The zero-order chi connectivity index (χ0) is 25.4. The highest BCUT2D eigenvalue weighted by Gasteiger charge is 2.21. The molecule has 0 atom stereocenters. The molecule has 3 aromatic rings. The van der Waals surface area contributed by atoms with E-state index in [9.17, 15) is 29.8 Å². The Balaban J connectivity index is 1.56. The van der Waals surface area contributed by atoms with Gasteiger partial charge in [-0.1, -0.05) is 0 Å². The second kappa shape index (κ2) is 11.1. The molecule has 1 amide bonds. The number of esters is 1. The van der Waals surface area contributed by atoms with Crippen LogP contribution in [-0.2, 0) is 11.2 Å². The number of ether oxygens (including phenoxy) is 2. The summed E-state index contributed by atoms with van der Waals surface area (Å²) in [5, 5.41) is 25.8. The van der Waals surface area contributed by atoms with Gasteiger partial charge in [-0.25, -0.2) is 10.2 Å². The molecule has 0 unspecified atom stereocenters. The van der Waals surface area contributed by atoms with Crippen LogP contribution in [0.2, 0.25) is 0 Å². The van der Waals surface area contributed by atoms with Crippen molar-refractivity contribution in [2.24, 2.45) is 5.10 Å². The molecule has 0 heterocycles. The molecular weight excluding hydrogens is 460 g/mol. The van der Waals surface area contributed by atoms with Crippen molar-refractivity contribution in [1.82, 2.24) is 5.43 Å². The number of rotatable bonds is 9. The van der Waals surface area contributed by atoms with Crippen LogP contribution in [-0.4, -0.2) is 35.0 Å². The van der Waals surface area contributed by atoms with Gasteiger partial charge in [-0.15, -0.1) is 0 Å². The molecule has 3 rings (SSSR count). The minimum absolute atomic E-state index is 0.0105. The lowest BCUT2D eigenvalue weighted by molar-refractivity contribution is -0.394. The van der Waals surface area contributed by atoms with Gasteiger partial charge in [0.15, 0.2) is 0 Å². The van der Waals surface area contributed by atoms with Gasteiger partial charge in [0, 0.05) is 11.6 Å². The zero-order valence-corrected chi connectivity index (χ0v) is 18.2. The molecule has 0 aliphatic heterocycles. The number of nitro benzene ring substituents is 2. The zero-order valence-electron chi connectivity index (χ0n) is 18.2. The summed E-state index contributed by atoms with van der Waals surface area (Å²) in [5.74, 6) is -0.273. The van der Waals surface area contributed by atoms with Gasteiger partial charge in [-0.2, -0.15) is 5.10 Å². The van der Waals surface area contributed by atoms with Gasteiger partial charge in [0.25, 0.3) is 11.4 Å². The first-order chi connectivity index (χ1) is 16.8. The van der Waals surface area contributed by atoms with Crippen molar-refractivity contribution >= 4 is 29.5 Å². The monoisotopic (exact) mass is 478 g/mol. The third kappa shape index (κ3) is 6.68. The van der Waals surface area contributed by atoms with Crippen molar-refractivity contribution in [3.63, 3.8) is 0 Å². The Bertz CT molecular complexity index is 1290. The molecule has 0 radical (unpaired) electrons. The second-order valence-corrected chi connectivity index (χ2v) is 6.98. The van der Waals surface area contributed by atoms with Crippen LogP contribution < -0.4 is 14.9 Å². The number of carbonyl (C=O) groups is 2. The van der Waals surface area contributed by atoms with Crippen molar-refractivity contribution in [3.8, 4) is 11.5 Å². The fourth-order valence-corrected chi connectivity index (χ4v) is 2.89. The summed E-state index contributed by atoms with van der Waals surface area (Å²) in [7, 11) is 1.52. The number of non-ortho nitro benzene ring substituents is 1. The van der Waals surface area contributed by atoms with E-state index in [-0.39, 0.29) is 5.56 Å². The minimum atomic E-state index is -0.790. The Morgan fingerprint density at radius 3 is 2.20 bits per heavy atom. The fraction of sp³-hybridized carbons (Fsp3) is 0.0870. The summed E-state index contributed by atoms with van der Waals surface area (Å²) in [4.78, 5) is 44.7. The van der Waals surface area contributed by atoms with E-state index in [1.54, 1.807) is 48.5 Å². The van der Waals surface area contributed by atoms with E-state index < -0.39 is 39.5 Å². The van der Waals surface area contributed by atoms with Gasteiger partial charge >= 0.3 is 5.97 Å². The van der Waals surface area contributed by atoms with Crippen LogP contribution in [0, 0.1) is 20.2 Å². The molecule has 0 spiro atoms. The normalized spacial score (nSPS) is 10.5. The maximum atomic E-state index is 12.2. The molecule has 0 bridgehead atoms. The molecule has 12 nitrogen and oxygen atoms in total. The van der Waals surface area contributed by atoms with Crippen molar-refractivity contribution < 1.29 is 28.9 Å². The lowest BCUT2D eigenvalue weighted by Crippen LogP contribution is -2.20. The Hall–Kier alpha value is -5.13. The van der Waals surface area contributed by atoms with Crippen molar-refractivity contribution in [3.05, 3.63) is 104 Å². The summed E-state index contributed by atoms with van der Waals surface area (Å²) < 4.78 is 10.3. The molecule has 12 heteroatoms. The van der Waals surface area contributed by atoms with Gasteiger partial charge in [-0.3, -0.25) is 25.0 Å². The molecular formula is C23H18N4O8. The number of methoxy groups -OCH3 is 1. The van der Waals surface area contributed by atoms with E-state index >= 15 is 0 Å². The average molecular weight is 478 g/mol. The maximum absolute atomic E-state index is 12.2. The number of amides is 1. The number of nitrogens with zero attached hydrogens (tertiary/aromatic N) is 3. The van der Waals surface area contributed by atoms with Crippen LogP contribution in [0.4, 0.5) is 11.4 Å². The number of nitro groups is 2. The topological polar surface area (TPSA) is 163 Å². The Labute approximate surface area is 198 Å². The summed E-state index contributed by atoms with van der Waals surface area (Å²) in [5.41, 5.74) is 2.21. The van der Waals surface area contributed by atoms with E-state index in [4.69, 9.17) is 9.47 Å². The molecule has 0 aliphatic rings. The number of hydrogen-bond acceptors (Lipinski definition) is 9. The lowest BCUT2D eigenvalue weighted by atomic mass is 10.1. The summed E-state index contributed by atoms with van der Waals surface area (Å²) >= 11 is 0. The van der Waals surface area contributed by atoms with Gasteiger partial charge in [0.05, 0.1) is 41.2 Å². The Morgan fingerprint density at radius 1 is 0.943 bits per heavy atom. The Morgan fingerprint density at radius 2 is 1.60 bits per heavy atom. The summed E-state index contributed by atoms with van der Waals surface area (Å²) in [6.07, 6.45) is 0.934. The maximum Gasteiger partial charge on any atom is 0.343 e. The van der Waals surface area contributed by atoms with E-state index in [2.05, 4.69) is 10.5 Å². The molecule has 0 saturated carbocycles. The van der Waals surface area contributed by atoms with Crippen molar-refractivity contribution in [1.29, 1.82) is 0 Å². The van der Waals surface area contributed by atoms with Crippen LogP contribution in [0.1, 0.15) is 21.5 Å². The molecule has 0 fully saturated rings. The largest absolute Gasteiger partial charge is 0.497 e. The van der Waals surface area contributed by atoms with E-state index in [0.29, 0.717) is 22.6 Å². The van der Waals surface area contributed by atoms with Gasteiger partial charge in [-0.05, 0) is 60.2 Å². The molecule has 0 aliphatic carbocycles. The van der Waals surface area contributed by atoms with Crippen LogP contribution in [0.3, 0.4) is 0 Å². The number of carbonyl (C=O) groups excluding carboxylic acids is 2. The highest BCUT2D eigenvalue weighted by Crippen LogP contribution is 2.25. The fourth-order valence-electron chi connectivity index (χ4n) is 2.89. The third-order valence-corrected chi connectivity index (χ3v) is 4.65. The van der Waals surface area contributed by atoms with E-state index in [0.717, 1.165) is 18.2 Å². The lowest BCUT2D eigenvalue weighted by Gasteiger charge is -2.05. The minimum Gasteiger partial charge on any atom is -0.497 e. The smallest absolute Gasteiger partial charge is 0.343 e. The Kier molecular flexibility index (Phi) is 7.80. The number of hydrogen-bond donors (Lipinski definition) is 1. The highest BCUT2D eigenvalue weighted by molar-refractivity contribution is 5.91. The predicted molar refractivity (Wildman–Crippen MR) is 124 cm³/mol. The van der Waals surface area contributed by atoms with Gasteiger partial charge in [0.1, 0.15) is 11.5 Å². The number of nitrogens with one attached hydrogen (secondary N) is 1. The summed E-state index contributed by atoms with van der Waals surface area (Å²) in [6.45, 7) is 0. The SMILES string of the molecule is COc1ccc(C(=O)Oc2ccc(/C=N/NC(=O)Cc3ccc([N+](=O)[O-])cc3[N+](=O)[O-])cc2)cc1. The summed E-state index contributed by atoms with van der Waals surface area (Å²) in [6, 6.07) is 15.8. The van der Waals surface area contributed by atoms with E-state index in [1.807, 2.05) is 0 Å². The first kappa shape index (κ1) is 24.5. The standard InChI is InChI=1S/C23H18N4O8/c1-34-19-10-5-16(6-11-19)23(29)35-20-8-2-15(3-9-20)14-24-25-22(28)12-17-4-7-18(26(30)31)13-21(17)27(32)33/h2-11,13-14H,12H2,1H3,(H,25,28)/b24-14+. The van der Waals surface area contributed by atoms with Crippen LogP contribution in [0.25, 0.3) is 0 Å². The third-order valence-electron chi connectivity index (χ3n) is 4.65. The molecule has 1 N–H and O–H groups in total. The number of benzene rings is 3. The van der Waals surface area contributed by atoms with Crippen molar-refractivity contribution in [2.75, 3.05) is 7.11 Å². The van der Waals surface area contributed by atoms with E-state index in [1.165, 1.54) is 13.3 Å². The molecule has 0 aromatic heterocycles. The second-order valence-electron chi connectivity index (χ2n) is 6.98. The van der Waals surface area contributed by atoms with Gasteiger partial charge < -0.3 is 9.47 Å². The van der Waals surface area contributed by atoms with Crippen LogP contribution >= 0.6 is 0 Å². The average Bonchev–Trinajstić information content (AvgIpc) is 2.85. The predicted octanol–water partition coefficient (Wildman–Crippen LogP) is 3.42. The van der Waals surface area contributed by atoms with Crippen molar-refractivity contribution in [2.45, 2.75) is 6.42 Å². The first-order valence-electron chi connectivity index (χ1n) is 9.96. The molecule has 0 saturated heterocycles. The van der Waals surface area contributed by atoms with Crippen LogP contribution in [0.5, 0.6) is 11.5 Å². The molecule has 3 aromatic carbocycles.